The van der Waals surface area contributed by atoms with Gasteiger partial charge in [-0.2, -0.15) is 0 Å². The highest BCUT2D eigenvalue weighted by atomic mass is 16.2. The molecule has 0 fully saturated rings. The molecule has 1 aromatic carbocycles. The number of hydrogen-bond donors (Lipinski definition) is 2. The van der Waals surface area contributed by atoms with Gasteiger partial charge in [0.25, 0.3) is 5.91 Å². The van der Waals surface area contributed by atoms with Gasteiger partial charge in [0.1, 0.15) is 12.2 Å². The minimum atomic E-state index is -0.339. The van der Waals surface area contributed by atoms with Crippen LogP contribution in [0.3, 0.4) is 0 Å². The molecule has 2 N–H and O–H groups in total. The molecule has 1 amide bonds. The van der Waals surface area contributed by atoms with Crippen molar-refractivity contribution in [3.05, 3.63) is 60.7 Å². The summed E-state index contributed by atoms with van der Waals surface area (Å²) in [7, 11) is 0. The molecule has 106 valence electrons. The summed E-state index contributed by atoms with van der Waals surface area (Å²) < 4.78 is 1.56. The van der Waals surface area contributed by atoms with Gasteiger partial charge in [0.05, 0.1) is 11.7 Å². The van der Waals surface area contributed by atoms with Gasteiger partial charge < -0.3 is 10.3 Å². The predicted octanol–water partition coefficient (Wildman–Crippen LogP) is 1.48. The number of nitrogens with zero attached hydrogens (tertiary/aromatic N) is 4. The summed E-state index contributed by atoms with van der Waals surface area (Å²) in [6.07, 6.45) is 4.86. The van der Waals surface area contributed by atoms with Crippen LogP contribution in [-0.4, -0.2) is 30.6 Å². The van der Waals surface area contributed by atoms with E-state index in [4.69, 9.17) is 0 Å². The molecule has 0 aliphatic carbocycles. The minimum Gasteiger partial charge on any atom is -0.347 e. The van der Waals surface area contributed by atoms with Gasteiger partial charge in [0.2, 0.25) is 5.82 Å². The molecule has 2 heterocycles. The van der Waals surface area contributed by atoms with Crippen molar-refractivity contribution in [2.45, 2.75) is 13.0 Å². The van der Waals surface area contributed by atoms with Gasteiger partial charge in [-0.1, -0.05) is 18.2 Å². The second kappa shape index (κ2) is 5.58. The normalized spacial score (nSPS) is 12.0. The highest BCUT2D eigenvalue weighted by Crippen LogP contribution is 2.08. The molecule has 7 nitrogen and oxygen atoms in total. The molecule has 3 aromatic rings. The van der Waals surface area contributed by atoms with E-state index in [0.29, 0.717) is 5.82 Å². The number of rotatable bonds is 4. The van der Waals surface area contributed by atoms with Gasteiger partial charge in [-0.25, -0.2) is 14.6 Å². The van der Waals surface area contributed by atoms with Crippen molar-refractivity contribution in [3.8, 4) is 5.69 Å². The standard InChI is InChI=1S/C14H14N6O/c1-10(12-15-7-8-16-12)18-14(21)13-17-9-20(19-13)11-5-3-2-4-6-11/h2-10H,1H3,(H,15,16)(H,18,21)/t10-/m1/s1. The third-order valence-corrected chi connectivity index (χ3v) is 2.99. The summed E-state index contributed by atoms with van der Waals surface area (Å²) in [5, 5.41) is 6.97. The van der Waals surface area contributed by atoms with Crippen LogP contribution in [0, 0.1) is 0 Å². The van der Waals surface area contributed by atoms with Crippen LogP contribution in [0.5, 0.6) is 0 Å². The molecule has 0 spiro atoms. The number of H-pyrrole nitrogens is 1. The van der Waals surface area contributed by atoms with Crippen molar-refractivity contribution in [1.82, 2.24) is 30.0 Å². The molecule has 7 heteroatoms. The Morgan fingerprint density at radius 1 is 1.29 bits per heavy atom. The maximum Gasteiger partial charge on any atom is 0.291 e. The first kappa shape index (κ1) is 13.0. The molecule has 0 saturated carbocycles. The first-order valence-corrected chi connectivity index (χ1v) is 6.51. The summed E-state index contributed by atoms with van der Waals surface area (Å²) >= 11 is 0. The monoisotopic (exact) mass is 282 g/mol. The van der Waals surface area contributed by atoms with E-state index in [1.54, 1.807) is 17.1 Å². The Hall–Kier alpha value is -2.96. The number of benzene rings is 1. The number of aromatic nitrogens is 5. The van der Waals surface area contributed by atoms with Crippen LogP contribution in [-0.2, 0) is 0 Å². The fourth-order valence-corrected chi connectivity index (χ4v) is 1.92. The Balaban J connectivity index is 1.73. The van der Waals surface area contributed by atoms with Crippen LogP contribution >= 0.6 is 0 Å². The maximum atomic E-state index is 12.1. The molecular weight excluding hydrogens is 268 g/mol. The third kappa shape index (κ3) is 2.81. The Bertz CT molecular complexity index is 719. The smallest absolute Gasteiger partial charge is 0.291 e. The van der Waals surface area contributed by atoms with Crippen LogP contribution in [0.2, 0.25) is 0 Å². The topological polar surface area (TPSA) is 88.5 Å². The molecule has 0 aliphatic rings. The average molecular weight is 282 g/mol. The summed E-state index contributed by atoms with van der Waals surface area (Å²) in [6.45, 7) is 1.84. The van der Waals surface area contributed by atoms with E-state index in [-0.39, 0.29) is 17.8 Å². The number of hydrogen-bond acceptors (Lipinski definition) is 4. The first-order valence-electron chi connectivity index (χ1n) is 6.51. The summed E-state index contributed by atoms with van der Waals surface area (Å²) in [5.74, 6) is 0.469. The first-order chi connectivity index (χ1) is 10.2. The van der Waals surface area contributed by atoms with Gasteiger partial charge in [-0.3, -0.25) is 4.79 Å². The van der Waals surface area contributed by atoms with Gasteiger partial charge in [0, 0.05) is 12.4 Å². The molecule has 0 radical (unpaired) electrons. The molecule has 21 heavy (non-hydrogen) atoms. The average Bonchev–Trinajstić information content (AvgIpc) is 3.20. The van der Waals surface area contributed by atoms with Gasteiger partial charge >= 0.3 is 0 Å². The number of aromatic amines is 1. The molecular formula is C14H14N6O. The van der Waals surface area contributed by atoms with E-state index in [9.17, 15) is 4.79 Å². The quantitative estimate of drug-likeness (QED) is 0.758. The van der Waals surface area contributed by atoms with Crippen LogP contribution in [0.25, 0.3) is 5.69 Å². The largest absolute Gasteiger partial charge is 0.347 e. The molecule has 0 bridgehead atoms. The number of para-hydroxylation sites is 1. The minimum absolute atomic E-state index is 0.122. The lowest BCUT2D eigenvalue weighted by Crippen LogP contribution is -2.28. The highest BCUT2D eigenvalue weighted by molar-refractivity contribution is 5.90. The van der Waals surface area contributed by atoms with Gasteiger partial charge in [-0.15, -0.1) is 5.10 Å². The van der Waals surface area contributed by atoms with Gasteiger partial charge in [-0.05, 0) is 19.1 Å². The Morgan fingerprint density at radius 2 is 2.10 bits per heavy atom. The zero-order valence-corrected chi connectivity index (χ0v) is 11.4. The molecule has 2 aromatic heterocycles. The lowest BCUT2D eigenvalue weighted by Gasteiger charge is -2.09. The van der Waals surface area contributed by atoms with Gasteiger partial charge in [0.15, 0.2) is 0 Å². The predicted molar refractivity (Wildman–Crippen MR) is 75.8 cm³/mol. The van der Waals surface area contributed by atoms with Crippen molar-refractivity contribution in [1.29, 1.82) is 0 Å². The van der Waals surface area contributed by atoms with E-state index >= 15 is 0 Å². The number of nitrogens with one attached hydrogen (secondary N) is 2. The van der Waals surface area contributed by atoms with Crippen LogP contribution in [0.1, 0.15) is 29.4 Å². The Morgan fingerprint density at radius 3 is 2.81 bits per heavy atom. The van der Waals surface area contributed by atoms with Crippen LogP contribution in [0.15, 0.2) is 49.1 Å². The lowest BCUT2D eigenvalue weighted by atomic mass is 10.3. The Kier molecular flexibility index (Phi) is 3.46. The van der Waals surface area contributed by atoms with Crippen molar-refractivity contribution < 1.29 is 4.79 Å². The molecule has 0 saturated heterocycles. The third-order valence-electron chi connectivity index (χ3n) is 2.99. The van der Waals surface area contributed by atoms with Crippen molar-refractivity contribution in [2.24, 2.45) is 0 Å². The number of carbonyl (C=O) groups is 1. The fourth-order valence-electron chi connectivity index (χ4n) is 1.92. The number of carbonyl (C=O) groups excluding carboxylic acids is 1. The molecule has 0 unspecified atom stereocenters. The summed E-state index contributed by atoms with van der Waals surface area (Å²) in [6, 6.07) is 9.25. The number of imidazole rings is 1. The molecule has 3 rings (SSSR count). The van der Waals surface area contributed by atoms with Crippen molar-refractivity contribution in [3.63, 3.8) is 0 Å². The summed E-state index contributed by atoms with van der Waals surface area (Å²) in [5.41, 5.74) is 0.850. The SMILES string of the molecule is C[C@@H](NC(=O)c1ncn(-c2ccccc2)n1)c1ncc[nH]1. The van der Waals surface area contributed by atoms with Crippen LogP contribution in [0.4, 0.5) is 0 Å². The maximum absolute atomic E-state index is 12.1. The molecule has 1 atom stereocenters. The van der Waals surface area contributed by atoms with Crippen molar-refractivity contribution >= 4 is 5.91 Å². The zero-order valence-electron chi connectivity index (χ0n) is 11.4. The lowest BCUT2D eigenvalue weighted by molar-refractivity contribution is 0.0928. The van der Waals surface area contributed by atoms with E-state index in [1.165, 1.54) is 6.33 Å². The molecule has 0 aliphatic heterocycles. The second-order valence-corrected chi connectivity index (χ2v) is 4.52. The van der Waals surface area contributed by atoms with E-state index in [1.807, 2.05) is 37.3 Å². The highest BCUT2D eigenvalue weighted by Gasteiger charge is 2.16. The second-order valence-electron chi connectivity index (χ2n) is 4.52. The summed E-state index contributed by atoms with van der Waals surface area (Å²) in [4.78, 5) is 23.2. The number of amides is 1. The van der Waals surface area contributed by atoms with Crippen molar-refractivity contribution in [2.75, 3.05) is 0 Å². The van der Waals surface area contributed by atoms with E-state index in [2.05, 4.69) is 25.4 Å². The fraction of sp³-hybridized carbons (Fsp3) is 0.143. The van der Waals surface area contributed by atoms with E-state index in [0.717, 1.165) is 5.69 Å². The van der Waals surface area contributed by atoms with E-state index < -0.39 is 0 Å². The van der Waals surface area contributed by atoms with Crippen LogP contribution < -0.4 is 5.32 Å². The zero-order chi connectivity index (χ0) is 14.7. The Labute approximate surface area is 121 Å².